The quantitative estimate of drug-likeness (QED) is 0.919. The van der Waals surface area contributed by atoms with E-state index in [0.717, 1.165) is 36.8 Å². The fourth-order valence-corrected chi connectivity index (χ4v) is 4.12. The number of rotatable bonds is 4. The van der Waals surface area contributed by atoms with Crippen molar-refractivity contribution in [1.29, 1.82) is 0 Å². The van der Waals surface area contributed by atoms with Gasteiger partial charge in [-0.2, -0.15) is 5.10 Å². The van der Waals surface area contributed by atoms with Crippen LogP contribution in [0.25, 0.3) is 0 Å². The maximum absolute atomic E-state index is 11.7. The minimum Gasteiger partial charge on any atom is -0.296 e. The molecule has 2 aromatic rings. The Kier molecular flexibility index (Phi) is 3.61. The molecule has 1 fully saturated rings. The molecule has 1 saturated heterocycles. The van der Waals surface area contributed by atoms with E-state index in [1.54, 1.807) is 11.3 Å². The highest BCUT2D eigenvalue weighted by Crippen LogP contribution is 2.30. The van der Waals surface area contributed by atoms with Crippen molar-refractivity contribution in [2.75, 3.05) is 19.3 Å². The van der Waals surface area contributed by atoms with Crippen LogP contribution < -0.4 is 0 Å². The van der Waals surface area contributed by atoms with Gasteiger partial charge in [0.1, 0.15) is 9.90 Å². The Morgan fingerprint density at radius 3 is 3.10 bits per heavy atom. The fourth-order valence-electron chi connectivity index (χ4n) is 2.61. The minimum atomic E-state index is -3.22. The minimum absolute atomic E-state index is 0.196. The summed E-state index contributed by atoms with van der Waals surface area (Å²) < 4.78 is 23.5. The Labute approximate surface area is 121 Å². The van der Waals surface area contributed by atoms with Gasteiger partial charge in [0, 0.05) is 30.3 Å². The fraction of sp³-hybridized carbons (Fsp3) is 0.500. The average molecular weight is 312 g/mol. The zero-order valence-corrected chi connectivity index (χ0v) is 12.7. The van der Waals surface area contributed by atoms with E-state index >= 15 is 0 Å². The van der Waals surface area contributed by atoms with Gasteiger partial charge in [0.05, 0.1) is 18.4 Å². The molecular formula is C12H16N4O2S2. The highest BCUT2D eigenvalue weighted by atomic mass is 32.2. The van der Waals surface area contributed by atoms with Gasteiger partial charge in [0.15, 0.2) is 9.84 Å². The molecule has 1 atom stereocenters. The van der Waals surface area contributed by atoms with Gasteiger partial charge in [-0.25, -0.2) is 13.4 Å². The van der Waals surface area contributed by atoms with Gasteiger partial charge in [-0.05, 0) is 13.0 Å². The van der Waals surface area contributed by atoms with E-state index < -0.39 is 9.84 Å². The number of thiazole rings is 1. The monoisotopic (exact) mass is 312 g/mol. The molecule has 8 heteroatoms. The van der Waals surface area contributed by atoms with Crippen LogP contribution in [0.2, 0.25) is 0 Å². The lowest BCUT2D eigenvalue weighted by atomic mass is 10.1. The van der Waals surface area contributed by atoms with Crippen LogP contribution in [0, 0.1) is 0 Å². The molecule has 3 heterocycles. The Morgan fingerprint density at radius 1 is 1.55 bits per heavy atom. The third-order valence-electron chi connectivity index (χ3n) is 3.55. The molecule has 108 valence electrons. The SMILES string of the molecule is CS(=O)(=O)c1cn[nH]c1[C@@H]1CCN(Cc2nccs2)C1. The molecule has 0 spiro atoms. The number of aromatic nitrogens is 3. The van der Waals surface area contributed by atoms with E-state index in [4.69, 9.17) is 0 Å². The van der Waals surface area contributed by atoms with Crippen molar-refractivity contribution in [3.8, 4) is 0 Å². The van der Waals surface area contributed by atoms with Crippen LogP contribution in [-0.4, -0.2) is 47.8 Å². The normalized spacial score (nSPS) is 20.6. The van der Waals surface area contributed by atoms with E-state index in [2.05, 4.69) is 20.1 Å². The maximum Gasteiger partial charge on any atom is 0.178 e. The lowest BCUT2D eigenvalue weighted by Crippen LogP contribution is -2.20. The first-order valence-corrected chi connectivity index (χ1v) is 9.15. The smallest absolute Gasteiger partial charge is 0.178 e. The third kappa shape index (κ3) is 2.77. The first-order chi connectivity index (χ1) is 9.54. The topological polar surface area (TPSA) is 79.0 Å². The van der Waals surface area contributed by atoms with Gasteiger partial charge in [0.2, 0.25) is 0 Å². The van der Waals surface area contributed by atoms with Crippen LogP contribution >= 0.6 is 11.3 Å². The number of hydrogen-bond donors (Lipinski definition) is 1. The maximum atomic E-state index is 11.7. The molecule has 6 nitrogen and oxygen atoms in total. The van der Waals surface area contributed by atoms with Crippen molar-refractivity contribution in [2.24, 2.45) is 0 Å². The van der Waals surface area contributed by atoms with E-state index in [1.165, 1.54) is 12.5 Å². The van der Waals surface area contributed by atoms with Gasteiger partial charge in [-0.1, -0.05) is 0 Å². The summed E-state index contributed by atoms with van der Waals surface area (Å²) in [5.74, 6) is 0.196. The molecule has 3 rings (SSSR count). The van der Waals surface area contributed by atoms with Crippen LogP contribution in [0.5, 0.6) is 0 Å². The van der Waals surface area contributed by atoms with Crippen LogP contribution in [0.1, 0.15) is 23.0 Å². The van der Waals surface area contributed by atoms with Crippen LogP contribution in [0.15, 0.2) is 22.7 Å². The Balaban J connectivity index is 1.73. The summed E-state index contributed by atoms with van der Waals surface area (Å²) in [5, 5.41) is 9.83. The van der Waals surface area contributed by atoms with E-state index in [0.29, 0.717) is 4.90 Å². The van der Waals surface area contributed by atoms with Crippen LogP contribution in [-0.2, 0) is 16.4 Å². The largest absolute Gasteiger partial charge is 0.296 e. The first kappa shape index (κ1) is 13.7. The molecule has 0 bridgehead atoms. The van der Waals surface area contributed by atoms with Gasteiger partial charge in [-0.15, -0.1) is 11.3 Å². The molecule has 0 aromatic carbocycles. The highest BCUT2D eigenvalue weighted by Gasteiger charge is 2.29. The van der Waals surface area contributed by atoms with Gasteiger partial charge < -0.3 is 0 Å². The number of H-pyrrole nitrogens is 1. The summed E-state index contributed by atoms with van der Waals surface area (Å²) in [5.41, 5.74) is 0.745. The molecule has 1 aliphatic heterocycles. The van der Waals surface area contributed by atoms with Crippen molar-refractivity contribution in [2.45, 2.75) is 23.8 Å². The molecule has 0 radical (unpaired) electrons. The average Bonchev–Trinajstić information content (AvgIpc) is 3.08. The van der Waals surface area contributed by atoms with Crippen molar-refractivity contribution < 1.29 is 8.42 Å². The molecule has 2 aromatic heterocycles. The number of likely N-dealkylation sites (tertiary alicyclic amines) is 1. The molecular weight excluding hydrogens is 296 g/mol. The van der Waals surface area contributed by atoms with E-state index in [1.807, 2.05) is 11.6 Å². The zero-order chi connectivity index (χ0) is 14.2. The second kappa shape index (κ2) is 5.27. The number of aromatic amines is 1. The Bertz CT molecular complexity index is 678. The Hall–Kier alpha value is -1.25. The summed E-state index contributed by atoms with van der Waals surface area (Å²) in [6.45, 7) is 2.62. The summed E-state index contributed by atoms with van der Waals surface area (Å²) in [6.07, 6.45) is 5.39. The summed E-state index contributed by atoms with van der Waals surface area (Å²) in [4.78, 5) is 6.92. The van der Waals surface area contributed by atoms with E-state index in [-0.39, 0.29) is 5.92 Å². The Morgan fingerprint density at radius 2 is 2.40 bits per heavy atom. The number of hydrogen-bond acceptors (Lipinski definition) is 6. The summed E-state index contributed by atoms with van der Waals surface area (Å²) in [6, 6.07) is 0. The number of nitrogens with zero attached hydrogens (tertiary/aromatic N) is 3. The summed E-state index contributed by atoms with van der Waals surface area (Å²) in [7, 11) is -3.22. The van der Waals surface area contributed by atoms with Gasteiger partial charge in [0.25, 0.3) is 0 Å². The van der Waals surface area contributed by atoms with Crippen molar-refractivity contribution in [3.05, 3.63) is 28.5 Å². The van der Waals surface area contributed by atoms with Gasteiger partial charge >= 0.3 is 0 Å². The predicted molar refractivity (Wildman–Crippen MR) is 76.4 cm³/mol. The molecule has 0 unspecified atom stereocenters. The molecule has 1 N–H and O–H groups in total. The van der Waals surface area contributed by atoms with Crippen molar-refractivity contribution in [3.63, 3.8) is 0 Å². The zero-order valence-electron chi connectivity index (χ0n) is 11.1. The highest BCUT2D eigenvalue weighted by molar-refractivity contribution is 7.90. The number of sulfone groups is 1. The lowest BCUT2D eigenvalue weighted by molar-refractivity contribution is 0.325. The van der Waals surface area contributed by atoms with Crippen LogP contribution in [0.3, 0.4) is 0 Å². The summed E-state index contributed by atoms with van der Waals surface area (Å²) >= 11 is 1.65. The van der Waals surface area contributed by atoms with Crippen LogP contribution in [0.4, 0.5) is 0 Å². The first-order valence-electron chi connectivity index (χ1n) is 6.38. The second-order valence-electron chi connectivity index (χ2n) is 5.07. The van der Waals surface area contributed by atoms with Crippen molar-refractivity contribution >= 4 is 21.2 Å². The van der Waals surface area contributed by atoms with Gasteiger partial charge in [-0.3, -0.25) is 10.00 Å². The molecule has 20 heavy (non-hydrogen) atoms. The standard InChI is InChI=1S/C12H16N4O2S2/c1-20(17,18)10-6-14-15-12(10)9-2-4-16(7-9)8-11-13-3-5-19-11/h3,5-6,9H,2,4,7-8H2,1H3,(H,14,15)/t9-/m1/s1. The van der Waals surface area contributed by atoms with E-state index in [9.17, 15) is 8.42 Å². The van der Waals surface area contributed by atoms with Crippen molar-refractivity contribution in [1.82, 2.24) is 20.1 Å². The molecule has 1 aliphatic rings. The molecule has 0 amide bonds. The lowest BCUT2D eigenvalue weighted by Gasteiger charge is -2.14. The number of nitrogens with one attached hydrogen (secondary N) is 1. The third-order valence-corrected chi connectivity index (χ3v) is 5.44. The predicted octanol–water partition coefficient (Wildman–Crippen LogP) is 1.26. The second-order valence-corrected chi connectivity index (χ2v) is 8.03. The molecule has 0 aliphatic carbocycles. The molecule has 0 saturated carbocycles.